The number of imide groups is 1. The van der Waals surface area contributed by atoms with Crippen molar-refractivity contribution in [3.63, 3.8) is 0 Å². The smallest absolute Gasteiger partial charge is 0.282 e. The molecule has 2 amide bonds. The number of carbonyl (C=O) groups is 2. The lowest BCUT2D eigenvalue weighted by Gasteiger charge is -2.24. The summed E-state index contributed by atoms with van der Waals surface area (Å²) in [5.41, 5.74) is 0.816. The Morgan fingerprint density at radius 3 is 2.40 bits per heavy atom. The Hall–Kier alpha value is -2.03. The normalized spacial score (nSPS) is 15.8. The molecule has 1 atom stereocenters. The molecule has 98 valence electrons. The molecule has 0 saturated carbocycles. The first-order valence-corrected chi connectivity index (χ1v) is 6.53. The van der Waals surface area contributed by atoms with Gasteiger partial charge in [-0.1, -0.05) is 23.7 Å². The lowest BCUT2D eigenvalue weighted by molar-refractivity contribution is -0.0163. The first-order valence-electron chi connectivity index (χ1n) is 5.50. The van der Waals surface area contributed by atoms with Crippen molar-refractivity contribution in [2.45, 2.75) is 0 Å². The van der Waals surface area contributed by atoms with Crippen molar-refractivity contribution in [2.75, 3.05) is 0 Å². The minimum Gasteiger partial charge on any atom is -0.282 e. The highest BCUT2D eigenvalue weighted by Gasteiger charge is 2.35. The van der Waals surface area contributed by atoms with Crippen LogP contribution >= 0.6 is 0 Å². The predicted molar refractivity (Wildman–Crippen MR) is 71.7 cm³/mol. The Balaban J connectivity index is 2.31. The van der Waals surface area contributed by atoms with Gasteiger partial charge < -0.3 is 0 Å². The lowest BCUT2D eigenvalue weighted by atomic mass is 9.85. The molecule has 1 N–H and O–H groups in total. The molecule has 1 heterocycles. The molecule has 2 radical (unpaired) electrons. The van der Waals surface area contributed by atoms with Gasteiger partial charge in [0.15, 0.2) is 0 Å². The average molecular weight is 287 g/mol. The van der Waals surface area contributed by atoms with E-state index < -0.39 is 23.2 Å². The van der Waals surface area contributed by atoms with Crippen LogP contribution in [-0.2, 0) is 15.6 Å². The fourth-order valence-electron chi connectivity index (χ4n) is 2.23. The fourth-order valence-corrected chi connectivity index (χ4v) is 2.49. The molecule has 0 bridgehead atoms. The van der Waals surface area contributed by atoms with Gasteiger partial charge >= 0.3 is 11.4 Å². The molecule has 0 saturated heterocycles. The molecule has 0 aliphatic carbocycles. The van der Waals surface area contributed by atoms with Crippen LogP contribution in [0.1, 0.15) is 20.7 Å². The van der Waals surface area contributed by atoms with Crippen molar-refractivity contribution in [1.29, 1.82) is 0 Å². The zero-order valence-electron chi connectivity index (χ0n) is 9.90. The third-order valence-corrected chi connectivity index (χ3v) is 3.32. The van der Waals surface area contributed by atoms with E-state index in [0.717, 1.165) is 0 Å². The van der Waals surface area contributed by atoms with E-state index >= 15 is 0 Å². The summed E-state index contributed by atoms with van der Waals surface area (Å²) >= 11 is -2.78. The van der Waals surface area contributed by atoms with Crippen LogP contribution in [0.2, 0.25) is 0 Å². The van der Waals surface area contributed by atoms with Crippen LogP contribution in [0.5, 0.6) is 0 Å². The van der Waals surface area contributed by atoms with E-state index in [4.69, 9.17) is 12.4 Å². The van der Waals surface area contributed by atoms with Crippen LogP contribution in [0.4, 0.5) is 0 Å². The van der Waals surface area contributed by atoms with Gasteiger partial charge in [0.1, 0.15) is 7.85 Å². The molecular formula is C12H6BNO5S. The van der Waals surface area contributed by atoms with Crippen molar-refractivity contribution >= 4 is 47.3 Å². The average Bonchev–Trinajstić information content (AvgIpc) is 2.42. The number of rotatable bonds is 2. The number of amides is 2. The predicted octanol–water partition coefficient (Wildman–Crippen LogP) is 0.298. The second-order valence-electron chi connectivity index (χ2n) is 4.13. The summed E-state index contributed by atoms with van der Waals surface area (Å²) in [5, 5.41) is 1.28. The fraction of sp³-hybridized carbons (Fsp3) is 0. The zero-order chi connectivity index (χ0) is 14.4. The van der Waals surface area contributed by atoms with Gasteiger partial charge in [-0.05, 0) is 17.5 Å². The van der Waals surface area contributed by atoms with E-state index in [1.54, 1.807) is 12.1 Å². The summed E-state index contributed by atoms with van der Waals surface area (Å²) in [6.07, 6.45) is 0. The molecule has 2 aromatic carbocycles. The Bertz CT molecular complexity index is 769. The summed E-state index contributed by atoms with van der Waals surface area (Å²) < 4.78 is 23.8. The number of carbonyl (C=O) groups excluding carboxylic acids is 2. The monoisotopic (exact) mass is 287 g/mol. The highest BCUT2D eigenvalue weighted by molar-refractivity contribution is 7.74. The van der Waals surface area contributed by atoms with Crippen molar-refractivity contribution in [3.05, 3.63) is 41.5 Å². The topological polar surface area (TPSA) is 83.9 Å². The summed E-state index contributed by atoms with van der Waals surface area (Å²) in [6, 6.07) is 7.78. The lowest BCUT2D eigenvalue weighted by Crippen LogP contribution is -2.41. The standard InChI is InChI=1S/C12H6BNO5S/c13-9-5-4-8-10-6(9)2-1-3-7(10)11(15)14(12(8)16)19-20(17)18/h1-5H,(H,17,18). The quantitative estimate of drug-likeness (QED) is 0.488. The van der Waals surface area contributed by atoms with Gasteiger partial charge in [0.2, 0.25) is 0 Å². The van der Waals surface area contributed by atoms with Crippen LogP contribution in [0, 0.1) is 0 Å². The molecular weight excluding hydrogens is 281 g/mol. The maximum absolute atomic E-state index is 12.2. The Morgan fingerprint density at radius 2 is 1.75 bits per heavy atom. The maximum atomic E-state index is 12.2. The van der Waals surface area contributed by atoms with Crippen LogP contribution in [-0.4, -0.2) is 33.5 Å². The van der Waals surface area contributed by atoms with Gasteiger partial charge in [-0.15, -0.1) is 9.35 Å². The maximum Gasteiger partial charge on any atom is 0.325 e. The van der Waals surface area contributed by atoms with E-state index in [1.807, 2.05) is 0 Å². The molecule has 0 fully saturated rings. The summed E-state index contributed by atoms with van der Waals surface area (Å²) in [6.45, 7) is 0. The molecule has 1 aliphatic heterocycles. The second kappa shape index (κ2) is 4.52. The molecule has 0 aromatic heterocycles. The van der Waals surface area contributed by atoms with Crippen LogP contribution < -0.4 is 5.46 Å². The van der Waals surface area contributed by atoms with E-state index in [-0.39, 0.29) is 16.2 Å². The van der Waals surface area contributed by atoms with E-state index in [9.17, 15) is 13.8 Å². The number of hydrogen-bond donors (Lipinski definition) is 1. The summed E-state index contributed by atoms with van der Waals surface area (Å²) in [5.74, 6) is -1.61. The van der Waals surface area contributed by atoms with E-state index in [2.05, 4.69) is 4.28 Å². The van der Waals surface area contributed by atoms with Gasteiger partial charge in [-0.3, -0.25) is 14.1 Å². The first-order chi connectivity index (χ1) is 9.50. The molecule has 6 nitrogen and oxygen atoms in total. The third-order valence-electron chi connectivity index (χ3n) is 3.04. The largest absolute Gasteiger partial charge is 0.325 e. The molecule has 2 aromatic rings. The van der Waals surface area contributed by atoms with E-state index in [0.29, 0.717) is 16.2 Å². The minimum atomic E-state index is -2.78. The van der Waals surface area contributed by atoms with Gasteiger partial charge in [-0.25, -0.2) is 0 Å². The van der Waals surface area contributed by atoms with Gasteiger partial charge in [0, 0.05) is 5.39 Å². The highest BCUT2D eigenvalue weighted by atomic mass is 32.2. The molecule has 3 rings (SSSR count). The summed E-state index contributed by atoms with van der Waals surface area (Å²) in [4.78, 5) is 24.3. The molecule has 1 aliphatic rings. The Morgan fingerprint density at radius 1 is 1.10 bits per heavy atom. The second-order valence-corrected chi connectivity index (χ2v) is 4.71. The number of nitrogens with zero attached hydrogens (tertiary/aromatic N) is 1. The van der Waals surface area contributed by atoms with Crippen molar-refractivity contribution in [2.24, 2.45) is 0 Å². The molecule has 20 heavy (non-hydrogen) atoms. The molecule has 8 heteroatoms. The van der Waals surface area contributed by atoms with Gasteiger partial charge in [0.25, 0.3) is 11.8 Å². The van der Waals surface area contributed by atoms with Crippen molar-refractivity contribution in [1.82, 2.24) is 5.06 Å². The number of benzene rings is 2. The summed E-state index contributed by atoms with van der Waals surface area (Å²) in [7, 11) is 5.82. The number of hydroxylamine groups is 2. The number of hydrogen-bond acceptors (Lipinski definition) is 4. The first kappa shape index (κ1) is 13.0. The van der Waals surface area contributed by atoms with Gasteiger partial charge in [-0.2, -0.15) is 4.21 Å². The minimum absolute atomic E-state index is 0.190. The van der Waals surface area contributed by atoms with Crippen LogP contribution in [0.15, 0.2) is 30.3 Å². The molecule has 1 unspecified atom stereocenters. The van der Waals surface area contributed by atoms with Crippen LogP contribution in [0.25, 0.3) is 10.8 Å². The van der Waals surface area contributed by atoms with E-state index in [1.165, 1.54) is 18.2 Å². The SMILES string of the molecule is [B]c1ccc2c3c(cccc13)C(=O)N(OS(=O)O)C2=O. The Kier molecular flexibility index (Phi) is 2.93. The molecule has 0 spiro atoms. The Labute approximate surface area is 117 Å². The van der Waals surface area contributed by atoms with Crippen LogP contribution in [0.3, 0.4) is 0 Å². The van der Waals surface area contributed by atoms with Gasteiger partial charge in [0.05, 0.1) is 11.1 Å². The highest BCUT2D eigenvalue weighted by Crippen LogP contribution is 2.29. The zero-order valence-corrected chi connectivity index (χ0v) is 10.7. The van der Waals surface area contributed by atoms with Crippen molar-refractivity contribution < 1.29 is 22.6 Å². The third kappa shape index (κ3) is 1.77. The van der Waals surface area contributed by atoms with Crippen molar-refractivity contribution in [3.8, 4) is 0 Å².